The first-order valence-electron chi connectivity index (χ1n) is 7.31. The van der Waals surface area contributed by atoms with E-state index in [4.69, 9.17) is 0 Å². The molecule has 0 radical (unpaired) electrons. The average molecular weight is 315 g/mol. The van der Waals surface area contributed by atoms with Gasteiger partial charge in [0.15, 0.2) is 5.65 Å². The molecule has 120 valence electrons. The highest BCUT2D eigenvalue weighted by atomic mass is 19.1. The molecule has 6 nitrogen and oxygen atoms in total. The first-order valence-corrected chi connectivity index (χ1v) is 7.31. The molecule has 0 amide bonds. The van der Waals surface area contributed by atoms with Gasteiger partial charge in [0.2, 0.25) is 5.95 Å². The van der Waals surface area contributed by atoms with Gasteiger partial charge in [0, 0.05) is 6.54 Å². The molecule has 3 rings (SSSR count). The number of rotatable bonds is 3. The minimum Gasteiger partial charge on any atom is -0.352 e. The Bertz CT molecular complexity index is 907. The number of aromatic nitrogens is 4. The van der Waals surface area contributed by atoms with E-state index in [2.05, 4.69) is 20.4 Å². The number of hydrogen-bond acceptors (Lipinski definition) is 4. The lowest BCUT2D eigenvalue weighted by Crippen LogP contribution is -2.24. The second-order valence-corrected chi connectivity index (χ2v) is 6.36. The monoisotopic (exact) mass is 315 g/mol. The van der Waals surface area contributed by atoms with Crippen LogP contribution in [0.4, 0.5) is 10.3 Å². The van der Waals surface area contributed by atoms with Crippen molar-refractivity contribution in [3.63, 3.8) is 0 Å². The molecule has 7 heteroatoms. The summed E-state index contributed by atoms with van der Waals surface area (Å²) >= 11 is 0. The van der Waals surface area contributed by atoms with Gasteiger partial charge in [-0.25, -0.2) is 9.07 Å². The molecule has 2 aromatic heterocycles. The van der Waals surface area contributed by atoms with E-state index in [9.17, 15) is 9.18 Å². The SMILES string of the molecule is CC(C)(C)n1ncc2c(=O)[nH]c(NCc3cccc(F)c3)nc21. The van der Waals surface area contributed by atoms with E-state index >= 15 is 0 Å². The second-order valence-electron chi connectivity index (χ2n) is 6.36. The van der Waals surface area contributed by atoms with Crippen LogP contribution in [0, 0.1) is 5.82 Å². The topological polar surface area (TPSA) is 75.6 Å². The zero-order valence-corrected chi connectivity index (χ0v) is 13.2. The first-order chi connectivity index (χ1) is 10.8. The van der Waals surface area contributed by atoms with E-state index in [1.807, 2.05) is 20.8 Å². The van der Waals surface area contributed by atoms with Crippen LogP contribution in [0.15, 0.2) is 35.3 Å². The highest BCUT2D eigenvalue weighted by molar-refractivity contribution is 5.74. The van der Waals surface area contributed by atoms with Crippen LogP contribution in [0.1, 0.15) is 26.3 Å². The predicted octanol–water partition coefficient (Wildman–Crippen LogP) is 2.63. The summed E-state index contributed by atoms with van der Waals surface area (Å²) in [6.07, 6.45) is 1.52. The molecular formula is C16H18FN5O. The van der Waals surface area contributed by atoms with Gasteiger partial charge in [-0.1, -0.05) is 12.1 Å². The van der Waals surface area contributed by atoms with Gasteiger partial charge in [0.1, 0.15) is 11.2 Å². The maximum atomic E-state index is 13.2. The number of H-pyrrole nitrogens is 1. The Labute approximate surface area is 132 Å². The second kappa shape index (κ2) is 5.49. The van der Waals surface area contributed by atoms with Crippen LogP contribution in [-0.2, 0) is 12.1 Å². The van der Waals surface area contributed by atoms with Gasteiger partial charge in [0.25, 0.3) is 5.56 Å². The normalized spacial score (nSPS) is 11.8. The third-order valence-electron chi connectivity index (χ3n) is 3.42. The number of hydrogen-bond donors (Lipinski definition) is 2. The minimum atomic E-state index is -0.299. The molecule has 0 aliphatic heterocycles. The van der Waals surface area contributed by atoms with Crippen molar-refractivity contribution in [3.05, 3.63) is 52.2 Å². The van der Waals surface area contributed by atoms with Crippen molar-refractivity contribution in [1.29, 1.82) is 0 Å². The molecule has 0 spiro atoms. The number of benzene rings is 1. The van der Waals surface area contributed by atoms with Crippen molar-refractivity contribution >= 4 is 17.0 Å². The van der Waals surface area contributed by atoms with Crippen LogP contribution in [0.3, 0.4) is 0 Å². The highest BCUT2D eigenvalue weighted by Gasteiger charge is 2.19. The largest absolute Gasteiger partial charge is 0.352 e. The zero-order chi connectivity index (χ0) is 16.6. The van der Waals surface area contributed by atoms with Crippen LogP contribution in [0.25, 0.3) is 11.0 Å². The highest BCUT2D eigenvalue weighted by Crippen LogP contribution is 2.18. The molecule has 1 aromatic carbocycles. The Kier molecular flexibility index (Phi) is 3.63. The Morgan fingerprint density at radius 1 is 1.35 bits per heavy atom. The Morgan fingerprint density at radius 2 is 2.13 bits per heavy atom. The van der Waals surface area contributed by atoms with Crippen LogP contribution >= 0.6 is 0 Å². The van der Waals surface area contributed by atoms with Crippen molar-refractivity contribution in [2.45, 2.75) is 32.9 Å². The minimum absolute atomic E-state index is 0.257. The fourth-order valence-corrected chi connectivity index (χ4v) is 2.33. The molecule has 0 fully saturated rings. The summed E-state index contributed by atoms with van der Waals surface area (Å²) < 4.78 is 14.9. The van der Waals surface area contributed by atoms with Crippen LogP contribution < -0.4 is 10.9 Å². The molecule has 0 aliphatic rings. The lowest BCUT2D eigenvalue weighted by molar-refractivity contribution is 0.366. The van der Waals surface area contributed by atoms with E-state index in [1.54, 1.807) is 16.8 Å². The van der Waals surface area contributed by atoms with E-state index in [-0.39, 0.29) is 16.9 Å². The van der Waals surface area contributed by atoms with Gasteiger partial charge in [-0.3, -0.25) is 9.78 Å². The summed E-state index contributed by atoms with van der Waals surface area (Å²) in [4.78, 5) is 19.3. The molecule has 0 bridgehead atoms. The Morgan fingerprint density at radius 3 is 2.83 bits per heavy atom. The van der Waals surface area contributed by atoms with Gasteiger partial charge < -0.3 is 5.32 Å². The molecule has 0 atom stereocenters. The van der Waals surface area contributed by atoms with Crippen molar-refractivity contribution in [2.75, 3.05) is 5.32 Å². The van der Waals surface area contributed by atoms with Crippen molar-refractivity contribution in [1.82, 2.24) is 19.7 Å². The standard InChI is InChI=1S/C16H18FN5O/c1-16(2,3)22-13-12(9-19-22)14(23)21-15(20-13)18-8-10-5-4-6-11(17)7-10/h4-7,9H,8H2,1-3H3,(H2,18,20,21,23). The van der Waals surface area contributed by atoms with Gasteiger partial charge in [0.05, 0.1) is 11.7 Å². The van der Waals surface area contributed by atoms with E-state index in [1.165, 1.54) is 18.3 Å². The average Bonchev–Trinajstić information content (AvgIpc) is 2.90. The summed E-state index contributed by atoms with van der Waals surface area (Å²) in [7, 11) is 0. The summed E-state index contributed by atoms with van der Waals surface area (Å²) in [5.74, 6) is 0.0322. The zero-order valence-electron chi connectivity index (χ0n) is 13.2. The van der Waals surface area contributed by atoms with Crippen LogP contribution in [0.2, 0.25) is 0 Å². The molecule has 3 aromatic rings. The van der Waals surface area contributed by atoms with Gasteiger partial charge >= 0.3 is 0 Å². The summed E-state index contributed by atoms with van der Waals surface area (Å²) in [5.41, 5.74) is 0.731. The fourth-order valence-electron chi connectivity index (χ4n) is 2.33. The van der Waals surface area contributed by atoms with Gasteiger partial charge in [-0.2, -0.15) is 10.1 Å². The van der Waals surface area contributed by atoms with Gasteiger partial charge in [-0.05, 0) is 38.5 Å². The van der Waals surface area contributed by atoms with E-state index < -0.39 is 0 Å². The Hall–Kier alpha value is -2.70. The lowest BCUT2D eigenvalue weighted by atomic mass is 10.1. The number of halogens is 1. The maximum Gasteiger partial charge on any atom is 0.263 e. The third-order valence-corrected chi connectivity index (χ3v) is 3.42. The number of nitrogens with zero attached hydrogens (tertiary/aromatic N) is 3. The fraction of sp³-hybridized carbons (Fsp3) is 0.312. The molecule has 0 saturated carbocycles. The molecule has 2 heterocycles. The van der Waals surface area contributed by atoms with Crippen molar-refractivity contribution < 1.29 is 4.39 Å². The number of anilines is 1. The lowest BCUT2D eigenvalue weighted by Gasteiger charge is -2.19. The molecular weight excluding hydrogens is 297 g/mol. The van der Waals surface area contributed by atoms with Gasteiger partial charge in [-0.15, -0.1) is 0 Å². The quantitative estimate of drug-likeness (QED) is 0.779. The number of aromatic amines is 1. The molecule has 2 N–H and O–H groups in total. The molecule has 23 heavy (non-hydrogen) atoms. The third kappa shape index (κ3) is 3.08. The van der Waals surface area contributed by atoms with E-state index in [0.29, 0.717) is 23.5 Å². The predicted molar refractivity (Wildman–Crippen MR) is 86.9 cm³/mol. The maximum absolute atomic E-state index is 13.2. The van der Waals surface area contributed by atoms with Crippen molar-refractivity contribution in [2.24, 2.45) is 0 Å². The molecule has 0 aliphatic carbocycles. The number of fused-ring (bicyclic) bond motifs is 1. The smallest absolute Gasteiger partial charge is 0.263 e. The van der Waals surface area contributed by atoms with E-state index in [0.717, 1.165) is 5.56 Å². The van der Waals surface area contributed by atoms with Crippen molar-refractivity contribution in [3.8, 4) is 0 Å². The summed E-state index contributed by atoms with van der Waals surface area (Å²) in [5, 5.41) is 7.71. The van der Waals surface area contributed by atoms with Crippen LogP contribution in [0.5, 0.6) is 0 Å². The molecule has 0 unspecified atom stereocenters. The number of nitrogens with one attached hydrogen (secondary N) is 2. The Balaban J connectivity index is 1.94. The summed E-state index contributed by atoms with van der Waals surface area (Å²) in [6.45, 7) is 6.32. The first kappa shape index (κ1) is 15.2. The molecule has 0 saturated heterocycles. The van der Waals surface area contributed by atoms with Crippen LogP contribution in [-0.4, -0.2) is 19.7 Å². The summed E-state index contributed by atoms with van der Waals surface area (Å²) in [6, 6.07) is 6.26.